The summed E-state index contributed by atoms with van der Waals surface area (Å²) in [6.07, 6.45) is 0. The highest BCUT2D eigenvalue weighted by atomic mass is 31.2. The second kappa shape index (κ2) is 6.92. The predicted octanol–water partition coefficient (Wildman–Crippen LogP) is 3.28. The summed E-state index contributed by atoms with van der Waals surface area (Å²) in [5.74, 6) is 0. The number of hydrogen-bond acceptors (Lipinski definition) is 3. The lowest BCUT2D eigenvalue weighted by Crippen LogP contribution is -1.95. The van der Waals surface area contributed by atoms with E-state index in [-0.39, 0.29) is 13.2 Å². The van der Waals surface area contributed by atoms with E-state index >= 15 is 0 Å². The van der Waals surface area contributed by atoms with Crippen molar-refractivity contribution in [1.29, 1.82) is 0 Å². The third kappa shape index (κ3) is 8.14. The zero-order chi connectivity index (χ0) is 8.69. The first kappa shape index (κ1) is 11.2. The minimum Gasteiger partial charge on any atom is -0.382 e. The SMILES string of the molecule is COCCOP(F)N=[P+](F)F. The number of rotatable bonds is 5. The minimum absolute atomic E-state index is 0.0502. The molecule has 0 aromatic heterocycles. The number of hydrogen-bond donors (Lipinski definition) is 0. The van der Waals surface area contributed by atoms with Crippen LogP contribution in [0.15, 0.2) is 4.52 Å². The Morgan fingerprint density at radius 3 is 2.55 bits per heavy atom. The van der Waals surface area contributed by atoms with E-state index in [1.807, 2.05) is 0 Å². The number of nitrogens with zero attached hydrogens (tertiary/aromatic N) is 1. The van der Waals surface area contributed by atoms with Crippen LogP contribution in [-0.4, -0.2) is 20.3 Å². The summed E-state index contributed by atoms with van der Waals surface area (Å²) in [7, 11) is -4.95. The lowest BCUT2D eigenvalue weighted by Gasteiger charge is -1.97. The zero-order valence-electron chi connectivity index (χ0n) is 5.71. The molecular weight excluding hydrogens is 201 g/mol. The Morgan fingerprint density at radius 2 is 2.09 bits per heavy atom. The van der Waals surface area contributed by atoms with Gasteiger partial charge in [-0.3, -0.25) is 0 Å². The highest BCUT2D eigenvalue weighted by Gasteiger charge is 2.19. The molecule has 0 saturated carbocycles. The summed E-state index contributed by atoms with van der Waals surface area (Å²) in [6.45, 7) is 0.125. The first-order chi connectivity index (χ1) is 5.16. The smallest absolute Gasteiger partial charge is 0.382 e. The highest BCUT2D eigenvalue weighted by molar-refractivity contribution is 7.53. The van der Waals surface area contributed by atoms with Crippen LogP contribution < -0.4 is 0 Å². The van der Waals surface area contributed by atoms with Crippen molar-refractivity contribution >= 4 is 16.9 Å². The largest absolute Gasteiger partial charge is 0.667 e. The van der Waals surface area contributed by atoms with Crippen LogP contribution in [0, 0.1) is 0 Å². The molecule has 0 saturated heterocycles. The molecule has 0 N–H and O–H groups in total. The van der Waals surface area contributed by atoms with Crippen molar-refractivity contribution in [3.05, 3.63) is 0 Å². The molecule has 11 heavy (non-hydrogen) atoms. The van der Waals surface area contributed by atoms with Crippen molar-refractivity contribution in [1.82, 2.24) is 0 Å². The molecule has 0 aliphatic heterocycles. The van der Waals surface area contributed by atoms with Gasteiger partial charge in [0.05, 0.1) is 26.1 Å². The molecule has 1 unspecified atom stereocenters. The van der Waals surface area contributed by atoms with Crippen LogP contribution in [0.2, 0.25) is 0 Å². The van der Waals surface area contributed by atoms with Crippen LogP contribution in [-0.2, 0) is 9.26 Å². The molecule has 0 aliphatic rings. The van der Waals surface area contributed by atoms with Gasteiger partial charge in [0.25, 0.3) is 0 Å². The quantitative estimate of drug-likeness (QED) is 0.512. The molecule has 0 aliphatic carbocycles. The molecule has 0 rings (SSSR count). The van der Waals surface area contributed by atoms with Gasteiger partial charge in [0.15, 0.2) is 0 Å². The fraction of sp³-hybridized carbons (Fsp3) is 1.00. The van der Waals surface area contributed by atoms with E-state index in [2.05, 4.69) is 13.8 Å². The number of methoxy groups -OCH3 is 1. The van der Waals surface area contributed by atoms with Crippen LogP contribution in [0.1, 0.15) is 0 Å². The predicted molar refractivity (Wildman–Crippen MR) is 37.4 cm³/mol. The van der Waals surface area contributed by atoms with Crippen LogP contribution in [0.25, 0.3) is 0 Å². The molecular formula is C3H7F3NO2P2+. The molecule has 0 spiro atoms. The van der Waals surface area contributed by atoms with Crippen molar-refractivity contribution < 1.29 is 21.9 Å². The van der Waals surface area contributed by atoms with E-state index in [1.165, 1.54) is 7.11 Å². The van der Waals surface area contributed by atoms with E-state index < -0.39 is 16.9 Å². The second-order valence-corrected chi connectivity index (χ2v) is 3.21. The standard InChI is InChI=1S/C3H7F3NO2P2/c1-8-2-3-9-11(6)7-10(4)5/h2-3H2,1H3/q+1. The normalized spacial score (nSPS) is 12.7. The maximum Gasteiger partial charge on any atom is 0.667 e. The van der Waals surface area contributed by atoms with Crippen molar-refractivity contribution in [2.24, 2.45) is 4.52 Å². The Hall–Kier alpha value is 0.240. The molecule has 66 valence electrons. The van der Waals surface area contributed by atoms with Crippen molar-refractivity contribution in [2.45, 2.75) is 0 Å². The molecule has 0 radical (unpaired) electrons. The molecule has 3 nitrogen and oxygen atoms in total. The van der Waals surface area contributed by atoms with Crippen molar-refractivity contribution in [3.63, 3.8) is 0 Å². The maximum atomic E-state index is 12.1. The molecule has 8 heteroatoms. The summed E-state index contributed by atoms with van der Waals surface area (Å²) >= 11 is 0. The van der Waals surface area contributed by atoms with Gasteiger partial charge in [-0.15, -0.1) is 0 Å². The van der Waals surface area contributed by atoms with Gasteiger partial charge in [-0.05, 0) is 0 Å². The van der Waals surface area contributed by atoms with Gasteiger partial charge >= 0.3 is 16.9 Å². The summed E-state index contributed by atoms with van der Waals surface area (Å²) in [5.41, 5.74) is 0. The van der Waals surface area contributed by atoms with Crippen molar-refractivity contribution in [3.8, 4) is 0 Å². The zero-order valence-corrected chi connectivity index (χ0v) is 7.50. The first-order valence-electron chi connectivity index (χ1n) is 2.58. The van der Waals surface area contributed by atoms with Gasteiger partial charge in [0.2, 0.25) is 0 Å². The molecule has 0 aromatic rings. The van der Waals surface area contributed by atoms with Crippen LogP contribution in [0.5, 0.6) is 0 Å². The summed E-state index contributed by atoms with van der Waals surface area (Å²) in [6, 6.07) is 0. The highest BCUT2D eigenvalue weighted by Crippen LogP contribution is 2.48. The fourth-order valence-electron chi connectivity index (χ4n) is 0.275. The molecule has 0 aromatic carbocycles. The van der Waals surface area contributed by atoms with Gasteiger partial charge in [-0.1, -0.05) is 0 Å². The lowest BCUT2D eigenvalue weighted by atomic mass is 10.8. The fourth-order valence-corrected chi connectivity index (χ4v) is 1.13. The second-order valence-electron chi connectivity index (χ2n) is 1.36. The van der Waals surface area contributed by atoms with Gasteiger partial charge in [-0.2, -0.15) is 4.20 Å². The maximum absolute atomic E-state index is 12.1. The first-order valence-corrected chi connectivity index (χ1v) is 4.75. The minimum atomic E-state index is -3.55. The van der Waals surface area contributed by atoms with Gasteiger partial charge in [-0.25, -0.2) is 0 Å². The van der Waals surface area contributed by atoms with Gasteiger partial charge in [0, 0.05) is 7.11 Å². The average molecular weight is 208 g/mol. The number of halogens is 3. The summed E-state index contributed by atoms with van der Waals surface area (Å²) in [4.78, 5) is 0. The molecule has 0 heterocycles. The Kier molecular flexibility index (Phi) is 7.07. The van der Waals surface area contributed by atoms with E-state index in [0.717, 1.165) is 0 Å². The Bertz CT molecular complexity index is 132. The summed E-state index contributed by atoms with van der Waals surface area (Å²) < 4.78 is 46.0. The lowest BCUT2D eigenvalue weighted by molar-refractivity contribution is 0.150. The van der Waals surface area contributed by atoms with E-state index in [0.29, 0.717) is 0 Å². The van der Waals surface area contributed by atoms with Gasteiger partial charge in [0.1, 0.15) is 0 Å². The van der Waals surface area contributed by atoms with E-state index in [1.54, 1.807) is 0 Å². The molecule has 0 bridgehead atoms. The third-order valence-electron chi connectivity index (χ3n) is 0.623. The van der Waals surface area contributed by atoms with E-state index in [4.69, 9.17) is 0 Å². The monoisotopic (exact) mass is 208 g/mol. The van der Waals surface area contributed by atoms with E-state index in [9.17, 15) is 12.6 Å². The summed E-state index contributed by atoms with van der Waals surface area (Å²) in [5, 5.41) is 0. The van der Waals surface area contributed by atoms with Gasteiger partial charge < -0.3 is 9.26 Å². The van der Waals surface area contributed by atoms with Crippen LogP contribution in [0.4, 0.5) is 12.6 Å². The Morgan fingerprint density at radius 1 is 1.45 bits per heavy atom. The molecule has 0 fully saturated rings. The third-order valence-corrected chi connectivity index (χ3v) is 2.12. The van der Waals surface area contributed by atoms with Crippen LogP contribution in [0.3, 0.4) is 0 Å². The molecule has 0 amide bonds. The van der Waals surface area contributed by atoms with Crippen molar-refractivity contribution in [2.75, 3.05) is 20.3 Å². The Balaban J connectivity index is 3.37. The topological polar surface area (TPSA) is 30.8 Å². The average Bonchev–Trinajstić information content (AvgIpc) is 1.86. The molecule has 1 atom stereocenters. The number of ether oxygens (including phenoxy) is 1. The Labute approximate surface area is 64.6 Å². The van der Waals surface area contributed by atoms with Crippen LogP contribution >= 0.6 is 16.9 Å².